The highest BCUT2D eigenvalue weighted by atomic mass is 33.1. The molecular weight excluding hydrogens is 326 g/mol. The molecule has 0 bridgehead atoms. The van der Waals surface area contributed by atoms with E-state index >= 15 is 0 Å². The Bertz CT molecular complexity index is 588. The molecule has 0 unspecified atom stereocenters. The second kappa shape index (κ2) is 10.2. The van der Waals surface area contributed by atoms with Crippen molar-refractivity contribution < 1.29 is 9.53 Å². The maximum Gasteiger partial charge on any atom is 0.251 e. The molecule has 0 aliphatic heterocycles. The minimum atomic E-state index is -0.0441. The highest BCUT2D eigenvalue weighted by Crippen LogP contribution is 2.22. The Morgan fingerprint density at radius 3 is 2.30 bits per heavy atom. The van der Waals surface area contributed by atoms with Crippen LogP contribution in [0.15, 0.2) is 54.6 Å². The third-order valence-corrected chi connectivity index (χ3v) is 5.55. The Morgan fingerprint density at radius 1 is 0.957 bits per heavy atom. The van der Waals surface area contributed by atoms with Crippen molar-refractivity contribution >= 4 is 27.5 Å². The average molecular weight is 348 g/mol. The van der Waals surface area contributed by atoms with E-state index < -0.39 is 0 Å². The fourth-order valence-corrected chi connectivity index (χ4v) is 3.85. The van der Waals surface area contributed by atoms with Gasteiger partial charge in [-0.2, -0.15) is 0 Å². The Labute approximate surface area is 145 Å². The van der Waals surface area contributed by atoms with E-state index in [1.54, 1.807) is 22.9 Å². The van der Waals surface area contributed by atoms with Crippen LogP contribution in [-0.4, -0.2) is 24.0 Å². The van der Waals surface area contributed by atoms with Crippen molar-refractivity contribution in [3.05, 3.63) is 60.2 Å². The molecule has 0 saturated carbocycles. The van der Waals surface area contributed by atoms with Crippen molar-refractivity contribution in [3.63, 3.8) is 0 Å². The summed E-state index contributed by atoms with van der Waals surface area (Å²) in [6.07, 6.45) is 1.18. The number of hydrogen-bond acceptors (Lipinski definition) is 4. The van der Waals surface area contributed by atoms with Crippen LogP contribution in [0, 0.1) is 0 Å². The Kier molecular flexibility index (Phi) is 7.90. The molecule has 2 rings (SSSR count). The standard InChI is InChI=1S/C18H21NO2S2/c1-2-13-22-23-14-12-19-18(20)15-8-10-17(11-9-15)21-16-6-4-3-5-7-16/h3-11H,2,12-14H2,1H3,(H,19,20). The summed E-state index contributed by atoms with van der Waals surface area (Å²) >= 11 is 0. The van der Waals surface area contributed by atoms with Crippen molar-refractivity contribution in [2.24, 2.45) is 0 Å². The lowest BCUT2D eigenvalue weighted by Gasteiger charge is -2.07. The van der Waals surface area contributed by atoms with Crippen molar-refractivity contribution in [1.29, 1.82) is 0 Å². The Balaban J connectivity index is 1.76. The number of hydrogen-bond donors (Lipinski definition) is 1. The molecule has 122 valence electrons. The largest absolute Gasteiger partial charge is 0.457 e. The first-order valence-corrected chi connectivity index (χ1v) is 10.1. The van der Waals surface area contributed by atoms with Crippen LogP contribution >= 0.6 is 21.6 Å². The summed E-state index contributed by atoms with van der Waals surface area (Å²) in [4.78, 5) is 12.0. The van der Waals surface area contributed by atoms with E-state index in [0.717, 1.165) is 23.0 Å². The third-order valence-electron chi connectivity index (χ3n) is 2.94. The van der Waals surface area contributed by atoms with Crippen LogP contribution in [0.2, 0.25) is 0 Å². The van der Waals surface area contributed by atoms with Crippen LogP contribution in [0.3, 0.4) is 0 Å². The number of carbonyl (C=O) groups is 1. The molecule has 1 N–H and O–H groups in total. The summed E-state index contributed by atoms with van der Waals surface area (Å²) in [5.41, 5.74) is 0.650. The summed E-state index contributed by atoms with van der Waals surface area (Å²) in [6.45, 7) is 2.85. The summed E-state index contributed by atoms with van der Waals surface area (Å²) in [6, 6.07) is 16.8. The minimum Gasteiger partial charge on any atom is -0.457 e. The number of rotatable bonds is 9. The molecule has 3 nitrogen and oxygen atoms in total. The van der Waals surface area contributed by atoms with Gasteiger partial charge in [0.25, 0.3) is 5.91 Å². The van der Waals surface area contributed by atoms with Crippen LogP contribution in [0.1, 0.15) is 23.7 Å². The Morgan fingerprint density at radius 2 is 1.61 bits per heavy atom. The van der Waals surface area contributed by atoms with Crippen LogP contribution in [0.4, 0.5) is 0 Å². The zero-order chi connectivity index (χ0) is 16.3. The molecule has 0 aromatic heterocycles. The van der Waals surface area contributed by atoms with E-state index in [0.29, 0.717) is 12.1 Å². The number of benzene rings is 2. The number of amides is 1. The smallest absolute Gasteiger partial charge is 0.251 e. The molecule has 0 atom stereocenters. The zero-order valence-corrected chi connectivity index (χ0v) is 14.8. The van der Waals surface area contributed by atoms with Crippen molar-refractivity contribution in [2.45, 2.75) is 13.3 Å². The number of para-hydroxylation sites is 1. The van der Waals surface area contributed by atoms with Gasteiger partial charge in [-0.05, 0) is 42.8 Å². The lowest BCUT2D eigenvalue weighted by molar-refractivity contribution is 0.0956. The number of carbonyl (C=O) groups excluding carboxylic acids is 1. The van der Waals surface area contributed by atoms with Crippen molar-refractivity contribution in [3.8, 4) is 11.5 Å². The fourth-order valence-electron chi connectivity index (χ4n) is 1.81. The van der Waals surface area contributed by atoms with Gasteiger partial charge in [-0.25, -0.2) is 0 Å². The van der Waals surface area contributed by atoms with Crippen LogP contribution in [-0.2, 0) is 0 Å². The molecule has 5 heteroatoms. The quantitative estimate of drug-likeness (QED) is 0.512. The predicted molar refractivity (Wildman–Crippen MR) is 100 cm³/mol. The molecule has 23 heavy (non-hydrogen) atoms. The maximum absolute atomic E-state index is 12.0. The zero-order valence-electron chi connectivity index (χ0n) is 13.2. The van der Waals surface area contributed by atoms with E-state index in [1.165, 1.54) is 6.42 Å². The molecule has 2 aromatic carbocycles. The van der Waals surface area contributed by atoms with Crippen LogP contribution in [0.25, 0.3) is 0 Å². The Hall–Kier alpha value is -1.59. The first-order valence-electron chi connectivity index (χ1n) is 7.65. The highest BCUT2D eigenvalue weighted by Gasteiger charge is 2.05. The molecule has 0 radical (unpaired) electrons. The molecule has 1 amide bonds. The molecule has 0 aliphatic carbocycles. The lowest BCUT2D eigenvalue weighted by atomic mass is 10.2. The normalized spacial score (nSPS) is 10.3. The summed E-state index contributed by atoms with van der Waals surface area (Å²) in [5.74, 6) is 3.54. The van der Waals surface area contributed by atoms with E-state index in [1.807, 2.05) is 53.3 Å². The van der Waals surface area contributed by atoms with E-state index in [2.05, 4.69) is 12.2 Å². The van der Waals surface area contributed by atoms with Gasteiger partial charge in [-0.3, -0.25) is 4.79 Å². The van der Waals surface area contributed by atoms with Gasteiger partial charge in [-0.1, -0.05) is 46.7 Å². The first kappa shape index (κ1) is 17.8. The second-order valence-electron chi connectivity index (χ2n) is 4.84. The molecule has 0 fully saturated rings. The third kappa shape index (κ3) is 6.59. The first-order chi connectivity index (χ1) is 11.3. The predicted octanol–water partition coefficient (Wildman–Crippen LogP) is 5.00. The molecular formula is C18H21NO2S2. The van der Waals surface area contributed by atoms with Gasteiger partial charge in [0, 0.05) is 23.6 Å². The molecule has 2 aromatic rings. The van der Waals surface area contributed by atoms with Gasteiger partial charge in [0.15, 0.2) is 0 Å². The van der Waals surface area contributed by atoms with Gasteiger partial charge < -0.3 is 10.1 Å². The average Bonchev–Trinajstić information content (AvgIpc) is 2.59. The fraction of sp³-hybridized carbons (Fsp3) is 0.278. The van der Waals surface area contributed by atoms with Crippen molar-refractivity contribution in [1.82, 2.24) is 5.32 Å². The SMILES string of the molecule is CCCSSCCNC(=O)c1ccc(Oc2ccccc2)cc1. The second-order valence-corrected chi connectivity index (χ2v) is 7.54. The van der Waals surface area contributed by atoms with Crippen LogP contribution in [0.5, 0.6) is 11.5 Å². The minimum absolute atomic E-state index is 0.0441. The van der Waals surface area contributed by atoms with E-state index in [9.17, 15) is 4.79 Å². The topological polar surface area (TPSA) is 38.3 Å². The van der Waals surface area contributed by atoms with E-state index in [4.69, 9.17) is 4.74 Å². The van der Waals surface area contributed by atoms with Gasteiger partial charge in [0.05, 0.1) is 0 Å². The number of nitrogens with one attached hydrogen (secondary N) is 1. The number of ether oxygens (including phenoxy) is 1. The van der Waals surface area contributed by atoms with E-state index in [-0.39, 0.29) is 5.91 Å². The molecule has 0 aliphatic rings. The summed E-state index contributed by atoms with van der Waals surface area (Å²) in [7, 11) is 3.65. The lowest BCUT2D eigenvalue weighted by Crippen LogP contribution is -2.25. The monoisotopic (exact) mass is 347 g/mol. The summed E-state index contributed by atoms with van der Waals surface area (Å²) in [5, 5.41) is 2.93. The summed E-state index contributed by atoms with van der Waals surface area (Å²) < 4.78 is 5.71. The molecule has 0 spiro atoms. The highest BCUT2D eigenvalue weighted by molar-refractivity contribution is 8.76. The van der Waals surface area contributed by atoms with Gasteiger partial charge in [0.1, 0.15) is 11.5 Å². The van der Waals surface area contributed by atoms with Crippen molar-refractivity contribution in [2.75, 3.05) is 18.1 Å². The van der Waals surface area contributed by atoms with Gasteiger partial charge >= 0.3 is 0 Å². The maximum atomic E-state index is 12.0. The molecule has 0 heterocycles. The molecule has 0 saturated heterocycles. The van der Waals surface area contributed by atoms with Gasteiger partial charge in [-0.15, -0.1) is 0 Å². The van der Waals surface area contributed by atoms with Crippen LogP contribution < -0.4 is 10.1 Å². The van der Waals surface area contributed by atoms with Gasteiger partial charge in [0.2, 0.25) is 0 Å².